The van der Waals surface area contributed by atoms with Crippen LogP contribution in [0.4, 0.5) is 5.82 Å². The van der Waals surface area contributed by atoms with E-state index in [9.17, 15) is 0 Å². The van der Waals surface area contributed by atoms with Crippen molar-refractivity contribution in [3.63, 3.8) is 0 Å². The van der Waals surface area contributed by atoms with Gasteiger partial charge in [-0.1, -0.05) is 13.8 Å². The molecule has 0 aromatic carbocycles. The van der Waals surface area contributed by atoms with Crippen LogP contribution in [0, 0.1) is 12.8 Å². The summed E-state index contributed by atoms with van der Waals surface area (Å²) in [7, 11) is 0. The standard InChI is InChI=1S/C13H22N4O/c1-5-18-12-6-11(15-10(4)16-12)17-7-13(14,8-17)9(2)3/h6,9H,5,7-8,14H2,1-4H3. The summed E-state index contributed by atoms with van der Waals surface area (Å²) in [5.74, 6) is 2.75. The van der Waals surface area contributed by atoms with Gasteiger partial charge < -0.3 is 15.4 Å². The van der Waals surface area contributed by atoms with E-state index in [1.807, 2.05) is 19.9 Å². The first-order chi connectivity index (χ1) is 8.44. The van der Waals surface area contributed by atoms with E-state index in [0.717, 1.165) is 24.7 Å². The maximum atomic E-state index is 6.29. The molecule has 2 N–H and O–H groups in total. The van der Waals surface area contributed by atoms with Crippen molar-refractivity contribution in [2.45, 2.75) is 33.2 Å². The van der Waals surface area contributed by atoms with E-state index >= 15 is 0 Å². The largest absolute Gasteiger partial charge is 0.478 e. The molecule has 1 saturated heterocycles. The van der Waals surface area contributed by atoms with Gasteiger partial charge in [0.1, 0.15) is 11.6 Å². The quantitative estimate of drug-likeness (QED) is 0.874. The third kappa shape index (κ3) is 2.41. The minimum absolute atomic E-state index is 0.0926. The van der Waals surface area contributed by atoms with Gasteiger partial charge in [-0.2, -0.15) is 4.98 Å². The molecule has 0 radical (unpaired) electrons. The summed E-state index contributed by atoms with van der Waals surface area (Å²) in [6, 6.07) is 1.89. The average Bonchev–Trinajstić information content (AvgIpc) is 2.24. The summed E-state index contributed by atoms with van der Waals surface area (Å²) in [4.78, 5) is 10.9. The Balaban J connectivity index is 2.11. The lowest BCUT2D eigenvalue weighted by Crippen LogP contribution is -2.70. The molecule has 0 aliphatic carbocycles. The molecule has 0 saturated carbocycles. The van der Waals surface area contributed by atoms with Crippen LogP contribution >= 0.6 is 0 Å². The summed E-state index contributed by atoms with van der Waals surface area (Å²) < 4.78 is 5.44. The molecule has 2 heterocycles. The van der Waals surface area contributed by atoms with E-state index in [-0.39, 0.29) is 5.54 Å². The first-order valence-electron chi connectivity index (χ1n) is 6.47. The van der Waals surface area contributed by atoms with Gasteiger partial charge >= 0.3 is 0 Å². The molecular weight excluding hydrogens is 228 g/mol. The fraction of sp³-hybridized carbons (Fsp3) is 0.692. The van der Waals surface area contributed by atoms with Gasteiger partial charge in [0.05, 0.1) is 12.1 Å². The summed E-state index contributed by atoms with van der Waals surface area (Å²) in [6.07, 6.45) is 0. The second kappa shape index (κ2) is 4.72. The fourth-order valence-electron chi connectivity index (χ4n) is 2.10. The molecule has 0 amide bonds. The zero-order valence-corrected chi connectivity index (χ0v) is 11.6. The monoisotopic (exact) mass is 250 g/mol. The molecule has 2 rings (SSSR count). The first-order valence-corrected chi connectivity index (χ1v) is 6.47. The van der Waals surface area contributed by atoms with Crippen molar-refractivity contribution in [3.8, 4) is 5.88 Å². The fourth-order valence-corrected chi connectivity index (χ4v) is 2.10. The third-order valence-electron chi connectivity index (χ3n) is 3.54. The molecule has 1 fully saturated rings. The van der Waals surface area contributed by atoms with Gasteiger partial charge in [0, 0.05) is 19.2 Å². The Morgan fingerprint density at radius 2 is 2.11 bits per heavy atom. The number of aryl methyl sites for hydroxylation is 1. The van der Waals surface area contributed by atoms with Crippen molar-refractivity contribution in [2.75, 3.05) is 24.6 Å². The van der Waals surface area contributed by atoms with Crippen molar-refractivity contribution >= 4 is 5.82 Å². The Morgan fingerprint density at radius 3 is 2.67 bits per heavy atom. The predicted molar refractivity (Wildman–Crippen MR) is 71.9 cm³/mol. The molecule has 18 heavy (non-hydrogen) atoms. The van der Waals surface area contributed by atoms with Gasteiger partial charge in [0.15, 0.2) is 0 Å². The highest BCUT2D eigenvalue weighted by molar-refractivity contribution is 5.47. The van der Waals surface area contributed by atoms with E-state index in [2.05, 4.69) is 28.7 Å². The Morgan fingerprint density at radius 1 is 1.44 bits per heavy atom. The Bertz CT molecular complexity index is 427. The lowest BCUT2D eigenvalue weighted by Gasteiger charge is -2.51. The topological polar surface area (TPSA) is 64.3 Å². The van der Waals surface area contributed by atoms with Crippen LogP contribution in [0.25, 0.3) is 0 Å². The highest BCUT2D eigenvalue weighted by Crippen LogP contribution is 2.31. The molecule has 100 valence electrons. The number of hydrogen-bond donors (Lipinski definition) is 1. The van der Waals surface area contributed by atoms with Gasteiger partial charge in [-0.15, -0.1) is 0 Å². The highest BCUT2D eigenvalue weighted by atomic mass is 16.5. The van der Waals surface area contributed by atoms with E-state index in [0.29, 0.717) is 18.4 Å². The molecule has 1 aromatic rings. The number of nitrogens with zero attached hydrogens (tertiary/aromatic N) is 3. The van der Waals surface area contributed by atoms with Crippen LogP contribution in [-0.2, 0) is 0 Å². The number of rotatable bonds is 4. The number of aromatic nitrogens is 2. The van der Waals surface area contributed by atoms with Crippen LogP contribution in [0.5, 0.6) is 5.88 Å². The van der Waals surface area contributed by atoms with Crippen LogP contribution in [0.3, 0.4) is 0 Å². The summed E-state index contributed by atoms with van der Waals surface area (Å²) in [6.45, 7) is 10.4. The Hall–Kier alpha value is -1.36. The van der Waals surface area contributed by atoms with Crippen molar-refractivity contribution in [1.82, 2.24) is 9.97 Å². The lowest BCUT2D eigenvalue weighted by molar-refractivity contribution is 0.243. The van der Waals surface area contributed by atoms with Crippen molar-refractivity contribution in [1.29, 1.82) is 0 Å². The molecule has 1 aliphatic rings. The minimum atomic E-state index is -0.0926. The zero-order chi connectivity index (χ0) is 13.3. The molecule has 0 spiro atoms. The SMILES string of the molecule is CCOc1cc(N2CC(N)(C(C)C)C2)nc(C)n1. The zero-order valence-electron chi connectivity index (χ0n) is 11.6. The van der Waals surface area contributed by atoms with Gasteiger partial charge in [0.25, 0.3) is 0 Å². The van der Waals surface area contributed by atoms with Crippen molar-refractivity contribution in [3.05, 3.63) is 11.9 Å². The van der Waals surface area contributed by atoms with Gasteiger partial charge in [-0.05, 0) is 19.8 Å². The van der Waals surface area contributed by atoms with Gasteiger partial charge in [-0.25, -0.2) is 4.98 Å². The minimum Gasteiger partial charge on any atom is -0.478 e. The number of ether oxygens (including phenoxy) is 1. The Kier molecular flexibility index (Phi) is 3.43. The molecule has 5 nitrogen and oxygen atoms in total. The van der Waals surface area contributed by atoms with Crippen molar-refractivity contribution in [2.24, 2.45) is 11.7 Å². The summed E-state index contributed by atoms with van der Waals surface area (Å²) in [5.41, 5.74) is 6.20. The second-order valence-corrected chi connectivity index (χ2v) is 5.29. The molecule has 1 aromatic heterocycles. The van der Waals surface area contributed by atoms with Crippen molar-refractivity contribution < 1.29 is 4.74 Å². The predicted octanol–water partition coefficient (Wildman–Crippen LogP) is 1.36. The molecule has 0 atom stereocenters. The molecular formula is C13H22N4O. The van der Waals surface area contributed by atoms with Gasteiger partial charge in [0.2, 0.25) is 5.88 Å². The van der Waals surface area contributed by atoms with E-state index in [1.165, 1.54) is 0 Å². The van der Waals surface area contributed by atoms with Crippen LogP contribution in [0.2, 0.25) is 0 Å². The second-order valence-electron chi connectivity index (χ2n) is 5.29. The first kappa shape index (κ1) is 13.1. The molecule has 0 unspecified atom stereocenters. The number of hydrogen-bond acceptors (Lipinski definition) is 5. The third-order valence-corrected chi connectivity index (χ3v) is 3.54. The van der Waals surface area contributed by atoms with Crippen LogP contribution in [0.15, 0.2) is 6.07 Å². The van der Waals surface area contributed by atoms with Gasteiger partial charge in [-0.3, -0.25) is 0 Å². The number of anilines is 1. The maximum absolute atomic E-state index is 6.29. The summed E-state index contributed by atoms with van der Waals surface area (Å²) in [5, 5.41) is 0. The molecule has 0 bridgehead atoms. The maximum Gasteiger partial charge on any atom is 0.218 e. The van der Waals surface area contributed by atoms with Crippen LogP contribution < -0.4 is 15.4 Å². The Labute approximate surface area is 108 Å². The van der Waals surface area contributed by atoms with E-state index in [4.69, 9.17) is 10.5 Å². The van der Waals surface area contributed by atoms with Crippen LogP contribution in [0.1, 0.15) is 26.6 Å². The normalized spacial score (nSPS) is 17.8. The lowest BCUT2D eigenvalue weighted by atomic mass is 9.80. The van der Waals surface area contributed by atoms with E-state index in [1.54, 1.807) is 0 Å². The number of nitrogens with two attached hydrogens (primary N) is 1. The average molecular weight is 250 g/mol. The summed E-state index contributed by atoms with van der Waals surface area (Å²) >= 11 is 0. The molecule has 1 aliphatic heterocycles. The highest BCUT2D eigenvalue weighted by Gasteiger charge is 2.42. The van der Waals surface area contributed by atoms with E-state index < -0.39 is 0 Å². The smallest absolute Gasteiger partial charge is 0.218 e. The molecule has 5 heteroatoms. The van der Waals surface area contributed by atoms with Crippen LogP contribution in [-0.4, -0.2) is 35.2 Å².